The Morgan fingerprint density at radius 2 is 2.06 bits per heavy atom. The van der Waals surface area contributed by atoms with Gasteiger partial charge >= 0.3 is 0 Å². The van der Waals surface area contributed by atoms with Gasteiger partial charge in [0.2, 0.25) is 5.91 Å². The third-order valence-corrected chi connectivity index (χ3v) is 5.03. The molecule has 0 aliphatic heterocycles. The lowest BCUT2D eigenvalue weighted by molar-refractivity contribution is -0.125. The lowest BCUT2D eigenvalue weighted by Gasteiger charge is -2.16. The van der Waals surface area contributed by atoms with Crippen molar-refractivity contribution in [2.45, 2.75) is 38.0 Å². The molecule has 0 aromatic carbocycles. The number of hydrogen-bond donors (Lipinski definition) is 4. The highest BCUT2D eigenvalue weighted by molar-refractivity contribution is 5.94. The van der Waals surface area contributed by atoms with Crippen molar-refractivity contribution in [3.8, 4) is 0 Å². The molecule has 31 heavy (non-hydrogen) atoms. The second-order valence-corrected chi connectivity index (χ2v) is 7.23. The molecule has 0 unspecified atom stereocenters. The minimum atomic E-state index is -0.794. The van der Waals surface area contributed by atoms with E-state index < -0.39 is 18.1 Å². The van der Waals surface area contributed by atoms with Crippen LogP contribution in [0.1, 0.15) is 29.6 Å². The summed E-state index contributed by atoms with van der Waals surface area (Å²) >= 11 is 0. The summed E-state index contributed by atoms with van der Waals surface area (Å²) in [4.78, 5) is 48.7. The number of carbonyl (C=O) groups is 3. The first-order valence-corrected chi connectivity index (χ1v) is 9.82. The molecule has 2 amide bonds. The van der Waals surface area contributed by atoms with E-state index in [1.807, 2.05) is 10.8 Å². The molecular formula is C20H27N5O6. The molecular weight excluding hydrogens is 406 g/mol. The quantitative estimate of drug-likeness (QED) is 0.334. The van der Waals surface area contributed by atoms with Crippen LogP contribution in [0, 0.1) is 5.92 Å². The van der Waals surface area contributed by atoms with Crippen molar-refractivity contribution in [2.24, 2.45) is 13.0 Å². The molecule has 2 aromatic heterocycles. The highest BCUT2D eigenvalue weighted by Crippen LogP contribution is 2.26. The van der Waals surface area contributed by atoms with Gasteiger partial charge in [0.15, 0.2) is 0 Å². The summed E-state index contributed by atoms with van der Waals surface area (Å²) in [6, 6.07) is 2.28. The number of rotatable bonds is 7. The van der Waals surface area contributed by atoms with E-state index in [9.17, 15) is 19.5 Å². The van der Waals surface area contributed by atoms with E-state index in [0.717, 1.165) is 13.0 Å². The molecule has 1 aliphatic carbocycles. The molecule has 1 fully saturated rings. The normalized spacial score (nSPS) is 19.7. The summed E-state index contributed by atoms with van der Waals surface area (Å²) in [5.41, 5.74) is -0.0460. The van der Waals surface area contributed by atoms with E-state index in [4.69, 9.17) is 9.90 Å². The molecule has 4 N–H and O–H groups in total. The van der Waals surface area contributed by atoms with Gasteiger partial charge in [-0.05, 0) is 25.3 Å². The van der Waals surface area contributed by atoms with E-state index in [1.165, 1.54) is 16.8 Å². The Balaban J connectivity index is 0.00000107. The van der Waals surface area contributed by atoms with Gasteiger partial charge in [0.05, 0.1) is 18.5 Å². The molecule has 0 bridgehead atoms. The van der Waals surface area contributed by atoms with Gasteiger partial charge in [0.1, 0.15) is 0 Å². The minimum Gasteiger partial charge on any atom is -0.483 e. The molecule has 1 saturated carbocycles. The topological polar surface area (TPSA) is 156 Å². The monoisotopic (exact) mass is 433 g/mol. The predicted octanol–water partition coefficient (Wildman–Crippen LogP) is -0.642. The molecule has 2 heterocycles. The van der Waals surface area contributed by atoms with Gasteiger partial charge in [0, 0.05) is 56.3 Å². The van der Waals surface area contributed by atoms with E-state index in [-0.39, 0.29) is 29.4 Å². The summed E-state index contributed by atoms with van der Waals surface area (Å²) in [5.74, 6) is -0.893. The Morgan fingerprint density at radius 3 is 2.71 bits per heavy atom. The van der Waals surface area contributed by atoms with Crippen LogP contribution in [-0.4, -0.2) is 61.3 Å². The highest BCUT2D eigenvalue weighted by Gasteiger charge is 2.37. The lowest BCUT2D eigenvalue weighted by atomic mass is 10.1. The number of carbonyl (C=O) groups excluding carboxylic acids is 2. The number of nitrogens with zero attached hydrogens (tertiary/aromatic N) is 3. The van der Waals surface area contributed by atoms with Crippen LogP contribution >= 0.6 is 0 Å². The summed E-state index contributed by atoms with van der Waals surface area (Å²) in [6.07, 6.45) is 7.47. The van der Waals surface area contributed by atoms with E-state index in [0.29, 0.717) is 19.4 Å². The summed E-state index contributed by atoms with van der Waals surface area (Å²) in [6.45, 7) is 1.05. The van der Waals surface area contributed by atoms with Crippen LogP contribution in [-0.2, 0) is 23.2 Å². The average molecular weight is 433 g/mol. The van der Waals surface area contributed by atoms with Gasteiger partial charge in [-0.3, -0.25) is 19.2 Å². The molecule has 11 heteroatoms. The number of nitrogens with one attached hydrogen (secondary N) is 2. The van der Waals surface area contributed by atoms with E-state index in [1.54, 1.807) is 25.6 Å². The van der Waals surface area contributed by atoms with Gasteiger partial charge in [-0.25, -0.2) is 4.98 Å². The Kier molecular flexibility index (Phi) is 8.94. The Morgan fingerprint density at radius 1 is 1.32 bits per heavy atom. The molecule has 0 saturated heterocycles. The second-order valence-electron chi connectivity index (χ2n) is 7.23. The number of aryl methyl sites for hydroxylation is 2. The maximum absolute atomic E-state index is 12.3. The number of aliphatic hydroxyl groups is 1. The first-order chi connectivity index (χ1) is 14.8. The molecule has 3 rings (SSSR count). The molecule has 168 valence electrons. The van der Waals surface area contributed by atoms with Crippen molar-refractivity contribution in [2.75, 3.05) is 6.54 Å². The fraction of sp³-hybridized carbons (Fsp3) is 0.450. The summed E-state index contributed by atoms with van der Waals surface area (Å²) in [5, 5.41) is 22.7. The van der Waals surface area contributed by atoms with Crippen LogP contribution in [0.5, 0.6) is 0 Å². The molecule has 0 spiro atoms. The van der Waals surface area contributed by atoms with Crippen LogP contribution in [0.3, 0.4) is 0 Å². The van der Waals surface area contributed by atoms with Crippen molar-refractivity contribution in [3.05, 3.63) is 53.0 Å². The SMILES string of the molecule is Cn1ccc(C(=O)N[C@H]2C[C@H](C(=O)NCCCn3ccnc3)C[C@@H]2O)cc1=O.O=CO. The van der Waals surface area contributed by atoms with Gasteiger partial charge in [-0.15, -0.1) is 0 Å². The third-order valence-electron chi connectivity index (χ3n) is 5.03. The fourth-order valence-electron chi connectivity index (χ4n) is 3.36. The molecule has 2 aromatic rings. The fourth-order valence-corrected chi connectivity index (χ4v) is 3.36. The number of hydrogen-bond acceptors (Lipinski definition) is 6. The average Bonchev–Trinajstić information content (AvgIpc) is 3.38. The van der Waals surface area contributed by atoms with Crippen LogP contribution in [0.2, 0.25) is 0 Å². The first-order valence-electron chi connectivity index (χ1n) is 9.82. The number of amides is 2. The zero-order valence-electron chi connectivity index (χ0n) is 17.2. The maximum Gasteiger partial charge on any atom is 0.290 e. The van der Waals surface area contributed by atoms with Crippen LogP contribution in [0.15, 0.2) is 41.8 Å². The summed E-state index contributed by atoms with van der Waals surface area (Å²) in [7, 11) is 1.60. The largest absolute Gasteiger partial charge is 0.483 e. The standard InChI is InChI=1S/C19H25N5O4.CH2O2/c1-23-7-3-13(11-17(23)26)19(28)22-15-9-14(10-16(15)25)18(27)21-4-2-6-24-8-5-20-12-24;2-1-3/h3,5,7-8,11-12,14-16,25H,2,4,6,9-10H2,1H3,(H,21,27)(H,22,28);1H,(H,2,3)/t14-,15-,16-;/m0./s1. The zero-order chi connectivity index (χ0) is 22.8. The van der Waals surface area contributed by atoms with Gasteiger partial charge in [0.25, 0.3) is 17.9 Å². The first kappa shape index (κ1) is 23.8. The zero-order valence-corrected chi connectivity index (χ0v) is 17.2. The Hall–Kier alpha value is -3.47. The number of carboxylic acid groups (broad SMARTS) is 1. The predicted molar refractivity (Wildman–Crippen MR) is 110 cm³/mol. The minimum absolute atomic E-state index is 0.116. The van der Waals surface area contributed by atoms with Crippen molar-refractivity contribution < 1.29 is 24.6 Å². The maximum atomic E-state index is 12.3. The third kappa shape index (κ3) is 7.07. The van der Waals surface area contributed by atoms with E-state index >= 15 is 0 Å². The van der Waals surface area contributed by atoms with Gasteiger partial charge in [-0.1, -0.05) is 0 Å². The molecule has 3 atom stereocenters. The number of pyridine rings is 1. The highest BCUT2D eigenvalue weighted by atomic mass is 16.3. The Bertz CT molecular complexity index is 926. The Labute approximate surface area is 178 Å². The van der Waals surface area contributed by atoms with Crippen LogP contribution in [0.4, 0.5) is 0 Å². The number of aliphatic hydroxyl groups excluding tert-OH is 1. The molecule has 11 nitrogen and oxygen atoms in total. The molecule has 0 radical (unpaired) electrons. The lowest BCUT2D eigenvalue weighted by Crippen LogP contribution is -2.40. The summed E-state index contributed by atoms with van der Waals surface area (Å²) < 4.78 is 3.31. The number of aromatic nitrogens is 3. The van der Waals surface area contributed by atoms with Crippen LogP contribution < -0.4 is 16.2 Å². The van der Waals surface area contributed by atoms with Crippen molar-refractivity contribution in [3.63, 3.8) is 0 Å². The van der Waals surface area contributed by atoms with Crippen LogP contribution in [0.25, 0.3) is 0 Å². The second kappa shape index (κ2) is 11.6. The van der Waals surface area contributed by atoms with E-state index in [2.05, 4.69) is 15.6 Å². The van der Waals surface area contributed by atoms with Crippen molar-refractivity contribution >= 4 is 18.3 Å². The van der Waals surface area contributed by atoms with Crippen molar-refractivity contribution in [1.82, 2.24) is 24.8 Å². The number of imidazole rings is 1. The smallest absolute Gasteiger partial charge is 0.290 e. The molecule has 1 aliphatic rings. The van der Waals surface area contributed by atoms with Crippen molar-refractivity contribution in [1.29, 1.82) is 0 Å². The van der Waals surface area contributed by atoms with Gasteiger partial charge in [-0.2, -0.15) is 0 Å². The van der Waals surface area contributed by atoms with Gasteiger partial charge < -0.3 is 30.0 Å².